The zero-order valence-electron chi connectivity index (χ0n) is 12.0. The van der Waals surface area contributed by atoms with Crippen LogP contribution in [0.3, 0.4) is 0 Å². The summed E-state index contributed by atoms with van der Waals surface area (Å²) >= 11 is 0. The van der Waals surface area contributed by atoms with E-state index < -0.39 is 6.10 Å². The number of hydrogen-bond acceptors (Lipinski definition) is 5. The summed E-state index contributed by atoms with van der Waals surface area (Å²) in [5.41, 5.74) is 0.670. The molecule has 0 amide bonds. The zero-order chi connectivity index (χ0) is 14.8. The Morgan fingerprint density at radius 2 is 1.90 bits per heavy atom. The number of hydrogen-bond donors (Lipinski definition) is 1. The molecule has 0 aliphatic carbocycles. The first kappa shape index (κ1) is 16.6. The van der Waals surface area contributed by atoms with E-state index in [1.165, 1.54) is 0 Å². The van der Waals surface area contributed by atoms with Crippen molar-refractivity contribution in [2.24, 2.45) is 0 Å². The van der Waals surface area contributed by atoms with Crippen molar-refractivity contribution in [1.29, 1.82) is 0 Å². The monoisotopic (exact) mass is 282 g/mol. The predicted molar refractivity (Wildman–Crippen MR) is 75.3 cm³/mol. The fourth-order valence-corrected chi connectivity index (χ4v) is 1.54. The number of carbonyl (C=O) groups is 1. The lowest BCUT2D eigenvalue weighted by atomic mass is 10.1. The van der Waals surface area contributed by atoms with Gasteiger partial charge >= 0.3 is 0 Å². The minimum Gasteiger partial charge on any atom is -0.491 e. The first-order chi connectivity index (χ1) is 9.67. The van der Waals surface area contributed by atoms with Gasteiger partial charge in [0.05, 0.1) is 19.8 Å². The lowest BCUT2D eigenvalue weighted by molar-refractivity contribution is -0.00419. The molecule has 0 aromatic heterocycles. The van der Waals surface area contributed by atoms with Gasteiger partial charge in [-0.3, -0.25) is 4.79 Å². The second-order valence-corrected chi connectivity index (χ2v) is 4.33. The zero-order valence-corrected chi connectivity index (χ0v) is 12.0. The molecule has 1 rings (SSSR count). The van der Waals surface area contributed by atoms with Crippen LogP contribution in [-0.2, 0) is 9.47 Å². The van der Waals surface area contributed by atoms with Gasteiger partial charge in [0.1, 0.15) is 18.5 Å². The summed E-state index contributed by atoms with van der Waals surface area (Å²) in [6.07, 6.45) is -0.207. The molecule has 1 unspecified atom stereocenters. The number of aliphatic hydroxyl groups excluding tert-OH is 1. The van der Waals surface area contributed by atoms with Gasteiger partial charge in [-0.1, -0.05) is 6.92 Å². The van der Waals surface area contributed by atoms with E-state index in [1.54, 1.807) is 31.4 Å². The highest BCUT2D eigenvalue weighted by Crippen LogP contribution is 2.13. The van der Waals surface area contributed by atoms with Gasteiger partial charge in [0.25, 0.3) is 0 Å². The van der Waals surface area contributed by atoms with E-state index in [-0.39, 0.29) is 19.0 Å². The quantitative estimate of drug-likeness (QED) is 0.522. The van der Waals surface area contributed by atoms with Crippen molar-refractivity contribution >= 4 is 5.78 Å². The van der Waals surface area contributed by atoms with Crippen LogP contribution in [0.4, 0.5) is 0 Å². The molecule has 0 aliphatic rings. The Hall–Kier alpha value is -1.43. The highest BCUT2D eigenvalue weighted by molar-refractivity contribution is 5.95. The molecule has 5 heteroatoms. The van der Waals surface area contributed by atoms with Crippen molar-refractivity contribution in [2.45, 2.75) is 19.4 Å². The molecule has 0 fully saturated rings. The number of Topliss-reactive ketones (excluding diaryl/α,β-unsaturated/α-hetero) is 1. The molecular weight excluding hydrogens is 260 g/mol. The third-order valence-corrected chi connectivity index (χ3v) is 2.68. The van der Waals surface area contributed by atoms with Crippen LogP contribution in [0.1, 0.15) is 23.7 Å². The van der Waals surface area contributed by atoms with E-state index in [2.05, 4.69) is 0 Å². The summed E-state index contributed by atoms with van der Waals surface area (Å²) in [6, 6.07) is 6.90. The average Bonchev–Trinajstić information content (AvgIpc) is 2.49. The summed E-state index contributed by atoms with van der Waals surface area (Å²) in [7, 11) is 1.59. The molecular formula is C15H22O5. The Labute approximate surface area is 119 Å². The minimum absolute atomic E-state index is 0.100. The van der Waals surface area contributed by atoms with Gasteiger partial charge < -0.3 is 19.3 Å². The maximum absolute atomic E-state index is 11.5. The van der Waals surface area contributed by atoms with Gasteiger partial charge in [-0.15, -0.1) is 0 Å². The summed E-state index contributed by atoms with van der Waals surface area (Å²) in [6.45, 7) is 3.12. The number of ether oxygens (including phenoxy) is 3. The summed E-state index contributed by atoms with van der Waals surface area (Å²) in [4.78, 5) is 11.5. The van der Waals surface area contributed by atoms with Crippen molar-refractivity contribution in [2.75, 3.05) is 33.5 Å². The van der Waals surface area contributed by atoms with Gasteiger partial charge in [0.2, 0.25) is 0 Å². The maximum atomic E-state index is 11.5. The van der Waals surface area contributed by atoms with Crippen LogP contribution in [0.25, 0.3) is 0 Å². The second kappa shape index (κ2) is 9.47. The first-order valence-corrected chi connectivity index (χ1v) is 6.68. The molecule has 20 heavy (non-hydrogen) atoms. The standard InChI is InChI=1S/C15H22O5/c1-3-15(17)12-4-6-14(7-5-12)20-11-13(16)10-19-9-8-18-2/h4-7,13,16H,3,8-11H2,1-2H3. The predicted octanol–water partition coefficient (Wildman–Crippen LogP) is 1.68. The smallest absolute Gasteiger partial charge is 0.162 e. The van der Waals surface area contributed by atoms with Crippen LogP contribution in [-0.4, -0.2) is 50.5 Å². The van der Waals surface area contributed by atoms with Gasteiger partial charge in [0, 0.05) is 19.1 Å². The molecule has 0 bridgehead atoms. The lowest BCUT2D eigenvalue weighted by Gasteiger charge is -2.13. The van der Waals surface area contributed by atoms with E-state index >= 15 is 0 Å². The third-order valence-electron chi connectivity index (χ3n) is 2.68. The normalized spacial score (nSPS) is 12.2. The topological polar surface area (TPSA) is 65.0 Å². The highest BCUT2D eigenvalue weighted by atomic mass is 16.5. The van der Waals surface area contributed by atoms with Gasteiger partial charge in [0.15, 0.2) is 5.78 Å². The van der Waals surface area contributed by atoms with E-state index in [9.17, 15) is 9.90 Å². The Morgan fingerprint density at radius 3 is 2.50 bits per heavy atom. The first-order valence-electron chi connectivity index (χ1n) is 6.68. The SMILES string of the molecule is CCC(=O)c1ccc(OCC(O)COCCOC)cc1. The lowest BCUT2D eigenvalue weighted by Crippen LogP contribution is -2.24. The number of carbonyl (C=O) groups excluding carboxylic acids is 1. The summed E-state index contributed by atoms with van der Waals surface area (Å²) in [5, 5.41) is 9.65. The molecule has 1 aromatic rings. The Morgan fingerprint density at radius 1 is 1.20 bits per heavy atom. The molecule has 5 nitrogen and oxygen atoms in total. The van der Waals surface area contributed by atoms with E-state index in [0.717, 1.165) is 0 Å². The van der Waals surface area contributed by atoms with Crippen molar-refractivity contribution in [3.8, 4) is 5.75 Å². The Kier molecular flexibility index (Phi) is 7.87. The minimum atomic E-state index is -0.691. The van der Waals surface area contributed by atoms with Gasteiger partial charge in [-0.25, -0.2) is 0 Å². The molecule has 0 spiro atoms. The summed E-state index contributed by atoms with van der Waals surface area (Å²) < 4.78 is 15.4. The molecule has 0 saturated carbocycles. The van der Waals surface area contributed by atoms with Crippen LogP contribution in [0.15, 0.2) is 24.3 Å². The van der Waals surface area contributed by atoms with E-state index in [1.807, 2.05) is 6.92 Å². The largest absolute Gasteiger partial charge is 0.491 e. The molecule has 0 aliphatic heterocycles. The molecule has 1 atom stereocenters. The van der Waals surface area contributed by atoms with Gasteiger partial charge in [-0.2, -0.15) is 0 Å². The molecule has 112 valence electrons. The number of rotatable bonds is 10. The number of ketones is 1. The van der Waals surface area contributed by atoms with Crippen LogP contribution in [0, 0.1) is 0 Å². The molecule has 0 heterocycles. The van der Waals surface area contributed by atoms with Crippen LogP contribution in [0.5, 0.6) is 5.75 Å². The Balaban J connectivity index is 2.29. The fraction of sp³-hybridized carbons (Fsp3) is 0.533. The van der Waals surface area contributed by atoms with Crippen LogP contribution < -0.4 is 4.74 Å². The van der Waals surface area contributed by atoms with Crippen molar-refractivity contribution in [1.82, 2.24) is 0 Å². The number of aliphatic hydroxyl groups is 1. The van der Waals surface area contributed by atoms with Crippen molar-refractivity contribution < 1.29 is 24.1 Å². The third kappa shape index (κ3) is 6.14. The van der Waals surface area contributed by atoms with Gasteiger partial charge in [-0.05, 0) is 24.3 Å². The number of benzene rings is 1. The fourth-order valence-electron chi connectivity index (χ4n) is 1.54. The average molecular weight is 282 g/mol. The highest BCUT2D eigenvalue weighted by Gasteiger charge is 2.07. The van der Waals surface area contributed by atoms with Crippen molar-refractivity contribution in [3.63, 3.8) is 0 Å². The molecule has 1 aromatic carbocycles. The molecule has 0 saturated heterocycles. The second-order valence-electron chi connectivity index (χ2n) is 4.33. The van der Waals surface area contributed by atoms with E-state index in [4.69, 9.17) is 14.2 Å². The summed E-state index contributed by atoms with van der Waals surface area (Å²) in [5.74, 6) is 0.719. The van der Waals surface area contributed by atoms with Crippen molar-refractivity contribution in [3.05, 3.63) is 29.8 Å². The van der Waals surface area contributed by atoms with Crippen LogP contribution in [0.2, 0.25) is 0 Å². The number of methoxy groups -OCH3 is 1. The van der Waals surface area contributed by atoms with E-state index in [0.29, 0.717) is 30.9 Å². The molecule has 1 N–H and O–H groups in total. The Bertz CT molecular complexity index is 388. The molecule has 0 radical (unpaired) electrons. The maximum Gasteiger partial charge on any atom is 0.162 e. The van der Waals surface area contributed by atoms with Crippen LogP contribution >= 0.6 is 0 Å².